The van der Waals surface area contributed by atoms with Gasteiger partial charge in [0, 0.05) is 16.1 Å². The predicted molar refractivity (Wildman–Crippen MR) is 88.6 cm³/mol. The average Bonchev–Trinajstić information content (AvgIpc) is 2.46. The van der Waals surface area contributed by atoms with Crippen molar-refractivity contribution in [3.63, 3.8) is 0 Å². The van der Waals surface area contributed by atoms with Crippen molar-refractivity contribution in [1.29, 1.82) is 0 Å². The standard InChI is InChI=1S/C15H11BrClN3/c16-9-3-4-11(17)14(8-9)20-13-6-5-12-10(15(13)18)2-1-7-19-12/h1-8,20H,18H2. The largest absolute Gasteiger partial charge is 0.396 e. The Bertz CT molecular complexity index is 789. The molecule has 0 amide bonds. The van der Waals surface area contributed by atoms with Crippen molar-refractivity contribution in [2.24, 2.45) is 0 Å². The maximum absolute atomic E-state index is 6.20. The van der Waals surface area contributed by atoms with E-state index in [-0.39, 0.29) is 0 Å². The SMILES string of the molecule is Nc1c(Nc2cc(Br)ccc2Cl)ccc2ncccc12. The Labute approximate surface area is 129 Å². The number of hydrogen-bond donors (Lipinski definition) is 2. The van der Waals surface area contributed by atoms with Crippen LogP contribution in [-0.2, 0) is 0 Å². The van der Waals surface area contributed by atoms with Gasteiger partial charge in [0.1, 0.15) is 0 Å². The van der Waals surface area contributed by atoms with Crippen molar-refractivity contribution >= 4 is 55.5 Å². The Morgan fingerprint density at radius 1 is 1.10 bits per heavy atom. The molecule has 0 bridgehead atoms. The van der Waals surface area contributed by atoms with E-state index >= 15 is 0 Å². The number of aromatic nitrogens is 1. The number of halogens is 2. The first-order chi connectivity index (χ1) is 9.65. The lowest BCUT2D eigenvalue weighted by Crippen LogP contribution is -1.98. The van der Waals surface area contributed by atoms with E-state index in [1.54, 1.807) is 6.20 Å². The number of nitrogens with one attached hydrogen (secondary N) is 1. The fourth-order valence-corrected chi connectivity index (χ4v) is 2.55. The maximum Gasteiger partial charge on any atom is 0.0724 e. The first-order valence-corrected chi connectivity index (χ1v) is 7.17. The topological polar surface area (TPSA) is 50.9 Å². The molecular weight excluding hydrogens is 338 g/mol. The molecule has 0 aliphatic heterocycles. The number of nitrogens with zero attached hydrogens (tertiary/aromatic N) is 1. The molecule has 1 heterocycles. The summed E-state index contributed by atoms with van der Waals surface area (Å²) in [5, 5.41) is 4.82. The van der Waals surface area contributed by atoms with Crippen LogP contribution in [0.15, 0.2) is 53.1 Å². The van der Waals surface area contributed by atoms with Gasteiger partial charge in [0.15, 0.2) is 0 Å². The molecule has 3 aromatic rings. The van der Waals surface area contributed by atoms with E-state index in [9.17, 15) is 0 Å². The lowest BCUT2D eigenvalue weighted by Gasteiger charge is -2.13. The van der Waals surface area contributed by atoms with Gasteiger partial charge in [-0.2, -0.15) is 0 Å². The highest BCUT2D eigenvalue weighted by Gasteiger charge is 2.07. The summed E-state index contributed by atoms with van der Waals surface area (Å²) in [6, 6.07) is 13.3. The molecule has 3 rings (SSSR count). The summed E-state index contributed by atoms with van der Waals surface area (Å²) in [5.41, 5.74) is 9.34. The van der Waals surface area contributed by atoms with Gasteiger partial charge in [0.2, 0.25) is 0 Å². The maximum atomic E-state index is 6.20. The Balaban J connectivity index is 2.07. The molecular formula is C15H11BrClN3. The van der Waals surface area contributed by atoms with Crippen molar-refractivity contribution in [3.05, 3.63) is 58.2 Å². The Hall–Kier alpha value is -1.78. The zero-order valence-corrected chi connectivity index (χ0v) is 12.7. The minimum absolute atomic E-state index is 0.638. The third-order valence-corrected chi connectivity index (χ3v) is 3.85. The summed E-state index contributed by atoms with van der Waals surface area (Å²) in [7, 11) is 0. The summed E-state index contributed by atoms with van der Waals surface area (Å²) < 4.78 is 0.949. The first kappa shape index (κ1) is 13.2. The molecule has 0 fully saturated rings. The van der Waals surface area contributed by atoms with Crippen LogP contribution < -0.4 is 11.1 Å². The van der Waals surface area contributed by atoms with Gasteiger partial charge in [-0.3, -0.25) is 4.98 Å². The number of fused-ring (bicyclic) bond motifs is 1. The quantitative estimate of drug-likeness (QED) is 0.642. The van der Waals surface area contributed by atoms with E-state index in [1.807, 2.05) is 42.5 Å². The molecule has 0 atom stereocenters. The molecule has 0 saturated carbocycles. The van der Waals surface area contributed by atoms with Gasteiger partial charge in [0.05, 0.1) is 27.6 Å². The zero-order valence-electron chi connectivity index (χ0n) is 10.4. The molecule has 0 aliphatic carbocycles. The summed E-state index contributed by atoms with van der Waals surface area (Å²) in [5.74, 6) is 0. The normalized spacial score (nSPS) is 10.7. The summed E-state index contributed by atoms with van der Waals surface area (Å²) in [6.07, 6.45) is 1.75. The molecule has 0 saturated heterocycles. The smallest absolute Gasteiger partial charge is 0.0724 e. The van der Waals surface area contributed by atoms with Crippen molar-refractivity contribution < 1.29 is 0 Å². The van der Waals surface area contributed by atoms with Crippen LogP contribution in [0.4, 0.5) is 17.1 Å². The van der Waals surface area contributed by atoms with Crippen molar-refractivity contribution in [3.8, 4) is 0 Å². The monoisotopic (exact) mass is 347 g/mol. The molecule has 3 nitrogen and oxygen atoms in total. The van der Waals surface area contributed by atoms with Crippen LogP contribution in [0.2, 0.25) is 5.02 Å². The Morgan fingerprint density at radius 3 is 2.80 bits per heavy atom. The summed E-state index contributed by atoms with van der Waals surface area (Å²) >= 11 is 9.61. The third-order valence-electron chi connectivity index (χ3n) is 3.02. The highest BCUT2D eigenvalue weighted by atomic mass is 79.9. The van der Waals surface area contributed by atoms with E-state index < -0.39 is 0 Å². The molecule has 0 aliphatic rings. The minimum Gasteiger partial charge on any atom is -0.396 e. The second-order valence-corrected chi connectivity index (χ2v) is 5.67. The van der Waals surface area contributed by atoms with Gasteiger partial charge in [-0.15, -0.1) is 0 Å². The van der Waals surface area contributed by atoms with Crippen LogP contribution in [0.3, 0.4) is 0 Å². The van der Waals surface area contributed by atoms with Gasteiger partial charge in [-0.25, -0.2) is 0 Å². The van der Waals surface area contributed by atoms with E-state index in [2.05, 4.69) is 26.2 Å². The van der Waals surface area contributed by atoms with Crippen LogP contribution in [0.25, 0.3) is 10.9 Å². The van der Waals surface area contributed by atoms with Crippen LogP contribution in [0.1, 0.15) is 0 Å². The molecule has 0 spiro atoms. The number of nitrogen functional groups attached to an aromatic ring is 1. The fourth-order valence-electron chi connectivity index (χ4n) is 2.02. The van der Waals surface area contributed by atoms with E-state index in [4.69, 9.17) is 17.3 Å². The molecule has 2 aromatic carbocycles. The van der Waals surface area contributed by atoms with Gasteiger partial charge < -0.3 is 11.1 Å². The van der Waals surface area contributed by atoms with Crippen LogP contribution in [0.5, 0.6) is 0 Å². The molecule has 1 aromatic heterocycles. The molecule has 0 unspecified atom stereocenters. The van der Waals surface area contributed by atoms with Crippen molar-refractivity contribution in [2.45, 2.75) is 0 Å². The van der Waals surface area contributed by atoms with Crippen molar-refractivity contribution in [1.82, 2.24) is 4.98 Å². The Kier molecular flexibility index (Phi) is 3.51. The van der Waals surface area contributed by atoms with E-state index in [0.717, 1.165) is 26.8 Å². The van der Waals surface area contributed by atoms with Gasteiger partial charge in [0.25, 0.3) is 0 Å². The van der Waals surface area contributed by atoms with Crippen LogP contribution in [-0.4, -0.2) is 4.98 Å². The fraction of sp³-hybridized carbons (Fsp3) is 0. The molecule has 5 heteroatoms. The number of anilines is 3. The minimum atomic E-state index is 0.638. The molecule has 0 radical (unpaired) electrons. The van der Waals surface area contributed by atoms with Gasteiger partial charge >= 0.3 is 0 Å². The second-order valence-electron chi connectivity index (χ2n) is 4.35. The van der Waals surface area contributed by atoms with Crippen LogP contribution >= 0.6 is 27.5 Å². The van der Waals surface area contributed by atoms with Gasteiger partial charge in [-0.05, 0) is 42.5 Å². The van der Waals surface area contributed by atoms with E-state index in [1.165, 1.54) is 0 Å². The highest BCUT2D eigenvalue weighted by molar-refractivity contribution is 9.10. The number of benzene rings is 2. The highest BCUT2D eigenvalue weighted by Crippen LogP contribution is 2.33. The Morgan fingerprint density at radius 2 is 1.95 bits per heavy atom. The lowest BCUT2D eigenvalue weighted by molar-refractivity contribution is 1.41. The lowest BCUT2D eigenvalue weighted by atomic mass is 10.1. The van der Waals surface area contributed by atoms with Gasteiger partial charge in [-0.1, -0.05) is 27.5 Å². The number of nitrogens with two attached hydrogens (primary N) is 1. The predicted octanol–water partition coefficient (Wildman–Crippen LogP) is 4.98. The zero-order chi connectivity index (χ0) is 14.1. The molecule has 100 valence electrons. The number of pyridine rings is 1. The first-order valence-electron chi connectivity index (χ1n) is 6.00. The molecule has 20 heavy (non-hydrogen) atoms. The summed E-state index contributed by atoms with van der Waals surface area (Å²) in [4.78, 5) is 4.28. The second kappa shape index (κ2) is 5.31. The molecule has 3 N–H and O–H groups in total. The van der Waals surface area contributed by atoms with E-state index in [0.29, 0.717) is 10.7 Å². The number of hydrogen-bond acceptors (Lipinski definition) is 3. The van der Waals surface area contributed by atoms with Crippen LogP contribution in [0, 0.1) is 0 Å². The average molecular weight is 349 g/mol. The number of rotatable bonds is 2. The van der Waals surface area contributed by atoms with Crippen molar-refractivity contribution in [2.75, 3.05) is 11.1 Å². The summed E-state index contributed by atoms with van der Waals surface area (Å²) in [6.45, 7) is 0. The third kappa shape index (κ3) is 2.44.